The maximum absolute atomic E-state index is 13.4. The van der Waals surface area contributed by atoms with Crippen LogP contribution in [-0.4, -0.2) is 42.4 Å². The first-order valence-corrected chi connectivity index (χ1v) is 12.3. The van der Waals surface area contributed by atoms with Crippen LogP contribution in [0.25, 0.3) is 0 Å². The van der Waals surface area contributed by atoms with Crippen molar-refractivity contribution < 1.29 is 27.7 Å². The fourth-order valence-electron chi connectivity index (χ4n) is 3.24. The first-order valence-electron chi connectivity index (χ1n) is 10.9. The number of phosphoric ester groups is 1. The minimum atomic E-state index is -3.85. The van der Waals surface area contributed by atoms with Gasteiger partial charge in [0.1, 0.15) is 5.60 Å². The largest absolute Gasteiger partial charge is 0.475 e. The number of benzene rings is 2. The van der Waals surface area contributed by atoms with Gasteiger partial charge in [-0.05, 0) is 44.7 Å². The molecule has 0 radical (unpaired) electrons. The summed E-state index contributed by atoms with van der Waals surface area (Å²) in [5.74, 6) is 0. The fraction of sp³-hybridized carbons (Fsp3) is 0.458. The van der Waals surface area contributed by atoms with E-state index >= 15 is 0 Å². The van der Waals surface area contributed by atoms with Crippen molar-refractivity contribution in [2.45, 2.75) is 51.9 Å². The van der Waals surface area contributed by atoms with E-state index in [0.717, 1.165) is 11.1 Å². The predicted molar refractivity (Wildman–Crippen MR) is 122 cm³/mol. The average molecular weight is 461 g/mol. The third kappa shape index (κ3) is 8.06. The van der Waals surface area contributed by atoms with Gasteiger partial charge in [0.15, 0.2) is 0 Å². The van der Waals surface area contributed by atoms with Gasteiger partial charge < -0.3 is 9.64 Å². The minimum Gasteiger partial charge on any atom is -0.444 e. The van der Waals surface area contributed by atoms with Crippen LogP contribution >= 0.6 is 7.82 Å². The number of hydrogen-bond donors (Lipinski definition) is 0. The summed E-state index contributed by atoms with van der Waals surface area (Å²) in [4.78, 5) is 13.9. The van der Waals surface area contributed by atoms with E-state index in [1.807, 2.05) is 81.4 Å². The van der Waals surface area contributed by atoms with Gasteiger partial charge in [0, 0.05) is 6.54 Å². The quantitative estimate of drug-likeness (QED) is 0.453. The molecule has 0 aliphatic carbocycles. The van der Waals surface area contributed by atoms with E-state index in [0.29, 0.717) is 19.4 Å². The normalized spacial score (nSPS) is 18.3. The first-order chi connectivity index (χ1) is 15.2. The summed E-state index contributed by atoms with van der Waals surface area (Å²) in [6.45, 7) is 6.49. The van der Waals surface area contributed by atoms with E-state index in [-0.39, 0.29) is 19.8 Å². The average Bonchev–Trinajstić information content (AvgIpc) is 3.21. The molecule has 1 amide bonds. The Balaban J connectivity index is 1.59. The van der Waals surface area contributed by atoms with Crippen LogP contribution in [0.3, 0.4) is 0 Å². The number of ether oxygens (including phenoxy) is 1. The number of likely N-dealkylation sites (tertiary alicyclic amines) is 1. The zero-order chi connectivity index (χ0) is 23.0. The first kappa shape index (κ1) is 24.5. The lowest BCUT2D eigenvalue weighted by Gasteiger charge is -2.25. The van der Waals surface area contributed by atoms with Crippen LogP contribution in [-0.2, 0) is 35.9 Å². The van der Waals surface area contributed by atoms with Crippen molar-refractivity contribution >= 4 is 13.9 Å². The van der Waals surface area contributed by atoms with Crippen LogP contribution in [0.5, 0.6) is 0 Å². The Bertz CT molecular complexity index is 900. The highest BCUT2D eigenvalue weighted by atomic mass is 31.2. The second-order valence-corrected chi connectivity index (χ2v) is 10.3. The maximum Gasteiger partial charge on any atom is 0.475 e. The van der Waals surface area contributed by atoms with Gasteiger partial charge >= 0.3 is 13.9 Å². The lowest BCUT2D eigenvalue weighted by Crippen LogP contribution is -2.36. The monoisotopic (exact) mass is 461 g/mol. The Morgan fingerprint density at radius 2 is 1.62 bits per heavy atom. The summed E-state index contributed by atoms with van der Waals surface area (Å²) < 4.78 is 36.0. The summed E-state index contributed by atoms with van der Waals surface area (Å²) in [7, 11) is -3.85. The molecule has 1 heterocycles. The van der Waals surface area contributed by atoms with Gasteiger partial charge in [-0.15, -0.1) is 0 Å². The summed E-state index contributed by atoms with van der Waals surface area (Å²) in [5.41, 5.74) is 1.36. The van der Waals surface area contributed by atoms with Gasteiger partial charge in [0.05, 0.1) is 25.9 Å². The standard InChI is InChI=1S/C24H32NO6P/c1-24(2,3)30-23(26)25-16-14-22(18-25)31-32(27,29-19-21-12-8-5-9-13-21)28-17-15-20-10-6-4-7-11-20/h4-13,22H,14-19H2,1-3H3. The molecule has 2 atom stereocenters. The van der Waals surface area contributed by atoms with Gasteiger partial charge in [-0.2, -0.15) is 0 Å². The van der Waals surface area contributed by atoms with Crippen LogP contribution in [0.2, 0.25) is 0 Å². The number of carbonyl (C=O) groups excluding carboxylic acids is 1. The number of nitrogens with zero attached hydrogens (tertiary/aromatic N) is 1. The number of phosphoric acid groups is 1. The van der Waals surface area contributed by atoms with E-state index in [1.165, 1.54) is 0 Å². The highest BCUT2D eigenvalue weighted by molar-refractivity contribution is 7.48. The molecule has 2 aromatic carbocycles. The second kappa shape index (κ2) is 11.1. The van der Waals surface area contributed by atoms with Crippen molar-refractivity contribution in [3.8, 4) is 0 Å². The van der Waals surface area contributed by atoms with Gasteiger partial charge in [0.2, 0.25) is 0 Å². The maximum atomic E-state index is 13.4. The molecule has 0 N–H and O–H groups in total. The predicted octanol–water partition coefficient (Wildman–Crippen LogP) is 5.60. The molecule has 0 spiro atoms. The number of amides is 1. The SMILES string of the molecule is CC(C)(C)OC(=O)N1CCC(OP(=O)(OCCc2ccccc2)OCc2ccccc2)C1. The molecule has 174 valence electrons. The molecule has 1 fully saturated rings. The highest BCUT2D eigenvalue weighted by Crippen LogP contribution is 2.52. The molecule has 1 aliphatic rings. The Morgan fingerprint density at radius 3 is 2.25 bits per heavy atom. The van der Waals surface area contributed by atoms with Crippen molar-refractivity contribution in [1.82, 2.24) is 4.90 Å². The number of hydrogen-bond acceptors (Lipinski definition) is 6. The Kier molecular flexibility index (Phi) is 8.49. The van der Waals surface area contributed by atoms with Crippen molar-refractivity contribution in [3.05, 3.63) is 71.8 Å². The highest BCUT2D eigenvalue weighted by Gasteiger charge is 2.37. The summed E-state index contributed by atoms with van der Waals surface area (Å²) >= 11 is 0. The topological polar surface area (TPSA) is 74.3 Å². The molecule has 1 aliphatic heterocycles. The van der Waals surface area contributed by atoms with E-state index in [1.54, 1.807) is 4.90 Å². The second-order valence-electron chi connectivity index (χ2n) is 8.72. The third-order valence-electron chi connectivity index (χ3n) is 4.79. The van der Waals surface area contributed by atoms with Gasteiger partial charge in [-0.1, -0.05) is 60.7 Å². The van der Waals surface area contributed by atoms with Gasteiger partial charge in [-0.25, -0.2) is 9.36 Å². The molecular formula is C24H32NO6P. The smallest absolute Gasteiger partial charge is 0.444 e. The molecule has 7 nitrogen and oxygen atoms in total. The molecule has 0 aromatic heterocycles. The van der Waals surface area contributed by atoms with E-state index < -0.39 is 25.6 Å². The Labute approximate surface area is 190 Å². The zero-order valence-electron chi connectivity index (χ0n) is 18.9. The Hall–Kier alpha value is -2.18. The number of carbonyl (C=O) groups is 1. The molecule has 32 heavy (non-hydrogen) atoms. The fourth-order valence-corrected chi connectivity index (χ4v) is 4.59. The van der Waals surface area contributed by atoms with E-state index in [4.69, 9.17) is 18.3 Å². The molecular weight excluding hydrogens is 429 g/mol. The lowest BCUT2D eigenvalue weighted by molar-refractivity contribution is 0.0253. The molecule has 2 aromatic rings. The lowest BCUT2D eigenvalue weighted by atomic mass is 10.2. The van der Waals surface area contributed by atoms with Crippen LogP contribution in [0.1, 0.15) is 38.3 Å². The molecule has 0 bridgehead atoms. The number of rotatable bonds is 9. The molecule has 3 rings (SSSR count). The minimum absolute atomic E-state index is 0.103. The van der Waals surface area contributed by atoms with E-state index in [2.05, 4.69) is 0 Å². The van der Waals surface area contributed by atoms with Crippen molar-refractivity contribution in [2.75, 3.05) is 19.7 Å². The summed E-state index contributed by atoms with van der Waals surface area (Å²) in [6, 6.07) is 19.2. The zero-order valence-corrected chi connectivity index (χ0v) is 19.8. The molecule has 0 saturated carbocycles. The molecule has 2 unspecified atom stereocenters. The van der Waals surface area contributed by atoms with Crippen molar-refractivity contribution in [2.24, 2.45) is 0 Å². The van der Waals surface area contributed by atoms with E-state index in [9.17, 15) is 9.36 Å². The molecule has 1 saturated heterocycles. The van der Waals surface area contributed by atoms with Gasteiger partial charge in [-0.3, -0.25) is 13.6 Å². The van der Waals surface area contributed by atoms with Crippen LogP contribution < -0.4 is 0 Å². The van der Waals surface area contributed by atoms with Crippen molar-refractivity contribution in [3.63, 3.8) is 0 Å². The summed E-state index contributed by atoms with van der Waals surface area (Å²) in [5, 5.41) is 0. The van der Waals surface area contributed by atoms with Gasteiger partial charge in [0.25, 0.3) is 0 Å². The summed E-state index contributed by atoms with van der Waals surface area (Å²) in [6.07, 6.45) is 0.242. The van der Waals surface area contributed by atoms with Crippen LogP contribution in [0.4, 0.5) is 4.79 Å². The van der Waals surface area contributed by atoms with Crippen molar-refractivity contribution in [1.29, 1.82) is 0 Å². The Morgan fingerprint density at radius 1 is 1.00 bits per heavy atom. The third-order valence-corrected chi connectivity index (χ3v) is 6.29. The van der Waals surface area contributed by atoms with Crippen LogP contribution in [0, 0.1) is 0 Å². The molecule has 8 heteroatoms. The van der Waals surface area contributed by atoms with Crippen LogP contribution in [0.15, 0.2) is 60.7 Å².